The van der Waals surface area contributed by atoms with Crippen molar-refractivity contribution in [3.63, 3.8) is 0 Å². The van der Waals surface area contributed by atoms with E-state index in [0.29, 0.717) is 55.9 Å². The predicted molar refractivity (Wildman–Crippen MR) is 201 cm³/mol. The van der Waals surface area contributed by atoms with Crippen LogP contribution >= 0.6 is 15.3 Å². The molecule has 3 heterocycles. The average Bonchev–Trinajstić information content (AvgIpc) is 4.04. The van der Waals surface area contributed by atoms with Crippen LogP contribution in [0.15, 0.2) is 0 Å². The minimum Gasteiger partial charge on any atom is -0.462 e. The van der Waals surface area contributed by atoms with E-state index in [9.17, 15) is 28.1 Å². The number of carbonyl (C=O) groups is 3. The maximum absolute atomic E-state index is 12.6. The largest absolute Gasteiger partial charge is 0.474 e. The molecule has 0 aromatic heterocycles. The second-order valence-electron chi connectivity index (χ2n) is 15.1. The Bertz CT molecular complexity index is 1120. The fraction of sp³-hybridized carbons (Fsp3) is 0.921. The molecular formula is C38H68O13P2. The van der Waals surface area contributed by atoms with E-state index in [-0.39, 0.29) is 31.1 Å². The van der Waals surface area contributed by atoms with E-state index in [1.807, 2.05) is 0 Å². The predicted octanol–water partition coefficient (Wildman–Crippen LogP) is 9.17. The molecule has 6 atom stereocenters. The number of epoxide rings is 3. The Balaban J connectivity index is 0.00000109. The minimum atomic E-state index is -2.95. The average molecular weight is 795 g/mol. The molecule has 0 bridgehead atoms. The number of esters is 3. The summed E-state index contributed by atoms with van der Waals surface area (Å²) in [4.78, 5) is 37.3. The molecule has 3 aliphatic rings. The fourth-order valence-electron chi connectivity index (χ4n) is 6.07. The molecule has 3 rings (SSSR count). The van der Waals surface area contributed by atoms with E-state index >= 15 is 0 Å². The van der Waals surface area contributed by atoms with Crippen LogP contribution in [0.2, 0.25) is 0 Å². The van der Waals surface area contributed by atoms with Crippen molar-refractivity contribution < 1.29 is 60.8 Å². The van der Waals surface area contributed by atoms with Gasteiger partial charge in [-0.05, 0) is 59.3 Å². The molecule has 3 fully saturated rings. The maximum Gasteiger partial charge on any atom is 0.474 e. The SMILES string of the molecule is CP(C)(=O)OP(=O)=O.C[C@@H]1OC1CCCCCCCC(=O)OCC(COC(=O)CCCCCCCC1O[C@H]1C)OC(=O)CCCCCCCC1O[C@H]1C. The molecule has 3 saturated heterocycles. The summed E-state index contributed by atoms with van der Waals surface area (Å²) < 4.78 is 66.5. The summed E-state index contributed by atoms with van der Waals surface area (Å²) >= 11 is 0. The normalized spacial score (nSPS) is 23.3. The summed E-state index contributed by atoms with van der Waals surface area (Å²) in [6.07, 6.45) is 21.6. The van der Waals surface area contributed by atoms with Gasteiger partial charge in [0.1, 0.15) is 13.2 Å². The van der Waals surface area contributed by atoms with Gasteiger partial charge in [-0.1, -0.05) is 77.0 Å². The summed E-state index contributed by atoms with van der Waals surface area (Å²) in [5.41, 5.74) is 0. The molecule has 0 aliphatic carbocycles. The van der Waals surface area contributed by atoms with Crippen molar-refractivity contribution in [3.05, 3.63) is 0 Å². The lowest BCUT2D eigenvalue weighted by Gasteiger charge is -2.18. The topological polar surface area (TPSA) is 177 Å². The summed E-state index contributed by atoms with van der Waals surface area (Å²) in [6.45, 7) is 8.60. The van der Waals surface area contributed by atoms with E-state index < -0.39 is 21.4 Å². The van der Waals surface area contributed by atoms with Crippen molar-refractivity contribution in [3.8, 4) is 0 Å². The highest BCUT2D eigenvalue weighted by molar-refractivity contribution is 7.62. The van der Waals surface area contributed by atoms with Crippen molar-refractivity contribution in [1.82, 2.24) is 0 Å². The van der Waals surface area contributed by atoms with Gasteiger partial charge in [0.15, 0.2) is 6.10 Å². The first-order valence-corrected chi connectivity index (χ1v) is 23.7. The molecule has 0 amide bonds. The van der Waals surface area contributed by atoms with Crippen LogP contribution in [-0.2, 0) is 60.8 Å². The highest BCUT2D eigenvalue weighted by Gasteiger charge is 2.34. The van der Waals surface area contributed by atoms with Crippen molar-refractivity contribution in [1.29, 1.82) is 0 Å². The third kappa shape index (κ3) is 27.6. The van der Waals surface area contributed by atoms with E-state index in [2.05, 4.69) is 25.1 Å². The third-order valence-electron chi connectivity index (χ3n) is 9.54. The van der Waals surface area contributed by atoms with Crippen LogP contribution in [0.25, 0.3) is 0 Å². The van der Waals surface area contributed by atoms with Gasteiger partial charge in [0.2, 0.25) is 7.37 Å². The molecule has 15 heteroatoms. The molecule has 0 spiro atoms. The summed E-state index contributed by atoms with van der Waals surface area (Å²) in [7, 11) is -5.77. The highest BCUT2D eigenvalue weighted by atomic mass is 31.2. The molecule has 0 N–H and O–H groups in total. The molecule has 308 valence electrons. The zero-order chi connectivity index (χ0) is 39.1. The van der Waals surface area contributed by atoms with Crippen molar-refractivity contribution >= 4 is 33.2 Å². The van der Waals surface area contributed by atoms with Gasteiger partial charge < -0.3 is 28.4 Å². The van der Waals surface area contributed by atoms with Gasteiger partial charge in [0.05, 0.1) is 36.6 Å². The van der Waals surface area contributed by atoms with Gasteiger partial charge in [-0.25, -0.2) is 13.4 Å². The first-order chi connectivity index (χ1) is 25.2. The Hall–Kier alpha value is -1.62. The second-order valence-corrected chi connectivity index (χ2v) is 18.7. The molecule has 13 nitrogen and oxygen atoms in total. The number of hydrogen-bond donors (Lipinski definition) is 0. The second kappa shape index (κ2) is 27.1. The van der Waals surface area contributed by atoms with Crippen molar-refractivity contribution in [2.24, 2.45) is 0 Å². The number of hydrogen-bond acceptors (Lipinski definition) is 13. The van der Waals surface area contributed by atoms with Gasteiger partial charge in [-0.3, -0.25) is 18.9 Å². The molecule has 0 aromatic carbocycles. The first kappa shape index (κ1) is 47.5. The molecule has 53 heavy (non-hydrogen) atoms. The van der Waals surface area contributed by atoms with Crippen LogP contribution < -0.4 is 0 Å². The van der Waals surface area contributed by atoms with Crippen LogP contribution in [0.1, 0.15) is 156 Å². The van der Waals surface area contributed by atoms with Crippen LogP contribution in [0.5, 0.6) is 0 Å². The third-order valence-corrected chi connectivity index (χ3v) is 11.6. The van der Waals surface area contributed by atoms with Gasteiger partial charge in [-0.15, -0.1) is 0 Å². The lowest BCUT2D eigenvalue weighted by Crippen LogP contribution is -2.30. The van der Waals surface area contributed by atoms with Crippen LogP contribution in [0, 0.1) is 0 Å². The maximum atomic E-state index is 12.6. The summed E-state index contributed by atoms with van der Waals surface area (Å²) in [5, 5.41) is 0. The standard InChI is InChI=1S/C36H62O9.C2H6O4P2/c1-27-31(42-27)19-13-7-4-10-16-22-34(37)40-25-30(45-36(39)24-18-12-6-9-15-21-33-29(3)44-33)26-41-35(38)23-17-11-5-8-14-20-32-28(2)43-32;1-8(2,5)6-7(3)4/h27-33H,4-26H2,1-3H3;1-2H3/t27-,28-,29-,30?,31?,32?,33?;/m0./s1. The van der Waals surface area contributed by atoms with E-state index in [4.69, 9.17) is 28.4 Å². The zero-order valence-electron chi connectivity index (χ0n) is 33.0. The van der Waals surface area contributed by atoms with Gasteiger partial charge >= 0.3 is 25.8 Å². The zero-order valence-corrected chi connectivity index (χ0v) is 34.8. The van der Waals surface area contributed by atoms with Gasteiger partial charge in [0.25, 0.3) is 0 Å². The minimum absolute atomic E-state index is 0.0948. The molecule has 0 aromatic rings. The molecule has 0 radical (unpaired) electrons. The lowest BCUT2D eigenvalue weighted by atomic mass is 10.1. The Kier molecular flexibility index (Phi) is 24.3. The van der Waals surface area contributed by atoms with Gasteiger partial charge in [-0.2, -0.15) is 0 Å². The summed E-state index contributed by atoms with van der Waals surface area (Å²) in [5.74, 6) is -0.961. The van der Waals surface area contributed by atoms with E-state index in [1.54, 1.807) is 0 Å². The lowest BCUT2D eigenvalue weighted by molar-refractivity contribution is -0.167. The highest BCUT2D eigenvalue weighted by Crippen LogP contribution is 2.43. The Morgan fingerprint density at radius 3 is 1.13 bits per heavy atom. The fourth-order valence-corrected chi connectivity index (χ4v) is 7.36. The number of rotatable bonds is 31. The number of unbranched alkanes of at least 4 members (excludes halogenated alkanes) is 12. The van der Waals surface area contributed by atoms with Crippen molar-refractivity contribution in [2.45, 2.75) is 198 Å². The van der Waals surface area contributed by atoms with Crippen LogP contribution in [-0.4, -0.2) is 87.2 Å². The molecule has 3 unspecified atom stereocenters. The molecule has 3 aliphatic heterocycles. The quantitative estimate of drug-likeness (QED) is 0.0214. The van der Waals surface area contributed by atoms with Gasteiger partial charge in [0, 0.05) is 32.6 Å². The Labute approximate surface area is 318 Å². The smallest absolute Gasteiger partial charge is 0.462 e. The van der Waals surface area contributed by atoms with E-state index in [1.165, 1.54) is 13.3 Å². The van der Waals surface area contributed by atoms with Crippen molar-refractivity contribution in [2.75, 3.05) is 26.5 Å². The Morgan fingerprint density at radius 2 is 0.849 bits per heavy atom. The van der Waals surface area contributed by atoms with Crippen LogP contribution in [0.4, 0.5) is 0 Å². The Morgan fingerprint density at radius 1 is 0.547 bits per heavy atom. The number of carbonyl (C=O) groups excluding carboxylic acids is 3. The number of ether oxygens (including phenoxy) is 6. The molecule has 0 saturated carbocycles. The van der Waals surface area contributed by atoms with E-state index in [0.717, 1.165) is 116 Å². The summed E-state index contributed by atoms with van der Waals surface area (Å²) in [6, 6.07) is 0. The molecular weight excluding hydrogens is 726 g/mol. The monoisotopic (exact) mass is 794 g/mol. The van der Waals surface area contributed by atoms with Crippen LogP contribution in [0.3, 0.4) is 0 Å². The first-order valence-electron chi connectivity index (χ1n) is 20.1.